The summed E-state index contributed by atoms with van der Waals surface area (Å²) in [6.45, 7) is 3.24. The minimum absolute atomic E-state index is 0.0500. The van der Waals surface area contributed by atoms with Gasteiger partial charge >= 0.3 is 0 Å². The van der Waals surface area contributed by atoms with Gasteiger partial charge in [0.1, 0.15) is 0 Å². The summed E-state index contributed by atoms with van der Waals surface area (Å²) in [4.78, 5) is 18.7. The van der Waals surface area contributed by atoms with E-state index >= 15 is 0 Å². The standard InChI is InChI=1S/C19H17N3O2/c1-13-7-9-15(10-8-13)19(23)22-11-16(12-22)18-20-17(21-24-18)14-5-3-2-4-6-14/h2-10,16H,11-12H2,1H3. The zero-order valence-corrected chi connectivity index (χ0v) is 13.3. The Balaban J connectivity index is 1.42. The third kappa shape index (κ3) is 2.69. The number of benzene rings is 2. The second-order valence-corrected chi connectivity index (χ2v) is 6.10. The van der Waals surface area contributed by atoms with Gasteiger partial charge in [0.15, 0.2) is 0 Å². The number of rotatable bonds is 3. The quantitative estimate of drug-likeness (QED) is 0.743. The van der Waals surface area contributed by atoms with E-state index in [0.29, 0.717) is 24.8 Å². The first kappa shape index (κ1) is 14.6. The third-order valence-electron chi connectivity index (χ3n) is 4.29. The van der Waals surface area contributed by atoms with Crippen molar-refractivity contribution in [1.29, 1.82) is 0 Å². The van der Waals surface area contributed by atoms with Crippen LogP contribution in [0.1, 0.15) is 27.7 Å². The predicted octanol–water partition coefficient (Wildman–Crippen LogP) is 3.28. The van der Waals surface area contributed by atoms with Crippen LogP contribution in [0.15, 0.2) is 59.1 Å². The van der Waals surface area contributed by atoms with Crippen molar-refractivity contribution in [3.05, 3.63) is 71.6 Å². The van der Waals surface area contributed by atoms with Crippen LogP contribution in [0, 0.1) is 6.92 Å². The molecular formula is C19H17N3O2. The lowest BCUT2D eigenvalue weighted by Gasteiger charge is -2.37. The molecule has 120 valence electrons. The van der Waals surface area contributed by atoms with Crippen molar-refractivity contribution < 1.29 is 9.32 Å². The van der Waals surface area contributed by atoms with Gasteiger partial charge < -0.3 is 9.42 Å². The molecule has 0 spiro atoms. The van der Waals surface area contributed by atoms with Gasteiger partial charge in [-0.3, -0.25) is 4.79 Å². The molecule has 2 heterocycles. The van der Waals surface area contributed by atoms with Crippen molar-refractivity contribution in [3.8, 4) is 11.4 Å². The molecular weight excluding hydrogens is 302 g/mol. The SMILES string of the molecule is Cc1ccc(C(=O)N2CC(c3nc(-c4ccccc4)no3)C2)cc1. The highest BCUT2D eigenvalue weighted by Crippen LogP contribution is 2.28. The van der Waals surface area contributed by atoms with E-state index in [0.717, 1.165) is 16.7 Å². The van der Waals surface area contributed by atoms with Crippen molar-refractivity contribution in [2.75, 3.05) is 13.1 Å². The van der Waals surface area contributed by atoms with Gasteiger partial charge in [0.2, 0.25) is 11.7 Å². The van der Waals surface area contributed by atoms with Crippen LogP contribution in [0.25, 0.3) is 11.4 Å². The molecule has 4 rings (SSSR count). The van der Waals surface area contributed by atoms with Gasteiger partial charge in [-0.25, -0.2) is 0 Å². The molecule has 1 fully saturated rings. The van der Waals surface area contributed by atoms with Gasteiger partial charge in [-0.15, -0.1) is 0 Å². The van der Waals surface area contributed by atoms with E-state index in [4.69, 9.17) is 4.52 Å². The Kier molecular flexibility index (Phi) is 3.61. The Labute approximate surface area is 139 Å². The Morgan fingerprint density at radius 2 is 1.79 bits per heavy atom. The lowest BCUT2D eigenvalue weighted by atomic mass is 9.98. The fourth-order valence-electron chi connectivity index (χ4n) is 2.78. The molecule has 5 nitrogen and oxygen atoms in total. The van der Waals surface area contributed by atoms with Crippen LogP contribution in [0.3, 0.4) is 0 Å². The van der Waals surface area contributed by atoms with Crippen LogP contribution in [-0.4, -0.2) is 34.0 Å². The Hall–Kier alpha value is -2.95. The van der Waals surface area contributed by atoms with Crippen LogP contribution in [-0.2, 0) is 0 Å². The number of hydrogen-bond donors (Lipinski definition) is 0. The first-order valence-electron chi connectivity index (χ1n) is 7.95. The second-order valence-electron chi connectivity index (χ2n) is 6.10. The van der Waals surface area contributed by atoms with Gasteiger partial charge in [-0.05, 0) is 19.1 Å². The van der Waals surface area contributed by atoms with Gasteiger partial charge in [0, 0.05) is 24.2 Å². The molecule has 0 saturated carbocycles. The van der Waals surface area contributed by atoms with Crippen LogP contribution < -0.4 is 0 Å². The summed E-state index contributed by atoms with van der Waals surface area (Å²) in [6, 6.07) is 17.4. The Bertz CT molecular complexity index is 850. The maximum absolute atomic E-state index is 12.4. The smallest absolute Gasteiger partial charge is 0.253 e. The maximum atomic E-state index is 12.4. The normalized spacial score (nSPS) is 14.5. The predicted molar refractivity (Wildman–Crippen MR) is 89.6 cm³/mol. The monoisotopic (exact) mass is 319 g/mol. The molecule has 5 heteroatoms. The fourth-order valence-corrected chi connectivity index (χ4v) is 2.78. The summed E-state index contributed by atoms with van der Waals surface area (Å²) < 4.78 is 5.37. The molecule has 0 radical (unpaired) electrons. The number of aromatic nitrogens is 2. The summed E-state index contributed by atoms with van der Waals surface area (Å²) in [5.41, 5.74) is 2.79. The van der Waals surface area contributed by atoms with E-state index in [1.54, 1.807) is 0 Å². The highest BCUT2D eigenvalue weighted by Gasteiger charge is 2.36. The zero-order chi connectivity index (χ0) is 16.5. The summed E-state index contributed by atoms with van der Waals surface area (Å²) in [5, 5.41) is 4.04. The number of amides is 1. The van der Waals surface area contributed by atoms with Crippen LogP contribution >= 0.6 is 0 Å². The molecule has 2 aromatic carbocycles. The average Bonchev–Trinajstić information content (AvgIpc) is 3.04. The first-order chi connectivity index (χ1) is 11.7. The number of carbonyl (C=O) groups is 1. The fraction of sp³-hybridized carbons (Fsp3) is 0.211. The average molecular weight is 319 g/mol. The highest BCUT2D eigenvalue weighted by atomic mass is 16.5. The maximum Gasteiger partial charge on any atom is 0.253 e. The summed E-state index contributed by atoms with van der Waals surface area (Å²) in [6.07, 6.45) is 0. The van der Waals surface area contributed by atoms with E-state index in [9.17, 15) is 4.79 Å². The van der Waals surface area contributed by atoms with Crippen LogP contribution in [0.4, 0.5) is 0 Å². The van der Waals surface area contributed by atoms with Crippen molar-refractivity contribution in [2.24, 2.45) is 0 Å². The molecule has 0 aliphatic carbocycles. The van der Waals surface area contributed by atoms with E-state index in [1.165, 1.54) is 0 Å². The van der Waals surface area contributed by atoms with Crippen LogP contribution in [0.5, 0.6) is 0 Å². The van der Waals surface area contributed by atoms with Crippen molar-refractivity contribution >= 4 is 5.91 Å². The Morgan fingerprint density at radius 3 is 2.50 bits per heavy atom. The molecule has 1 amide bonds. The molecule has 1 aliphatic heterocycles. The van der Waals surface area contributed by atoms with Gasteiger partial charge in [-0.2, -0.15) is 4.98 Å². The number of likely N-dealkylation sites (tertiary alicyclic amines) is 1. The number of aryl methyl sites for hydroxylation is 1. The largest absolute Gasteiger partial charge is 0.339 e. The lowest BCUT2D eigenvalue weighted by Crippen LogP contribution is -2.48. The number of hydrogen-bond acceptors (Lipinski definition) is 4. The minimum atomic E-state index is 0.0500. The third-order valence-corrected chi connectivity index (χ3v) is 4.29. The molecule has 1 saturated heterocycles. The zero-order valence-electron chi connectivity index (χ0n) is 13.3. The lowest BCUT2D eigenvalue weighted by molar-refractivity contribution is 0.0569. The second kappa shape index (κ2) is 5.92. The van der Waals surface area contributed by atoms with Crippen molar-refractivity contribution in [1.82, 2.24) is 15.0 Å². The van der Waals surface area contributed by atoms with E-state index < -0.39 is 0 Å². The topological polar surface area (TPSA) is 59.2 Å². The van der Waals surface area contributed by atoms with E-state index in [-0.39, 0.29) is 11.8 Å². The summed E-state index contributed by atoms with van der Waals surface area (Å²) in [5.74, 6) is 1.36. The van der Waals surface area contributed by atoms with Gasteiger partial charge in [-0.1, -0.05) is 53.2 Å². The Morgan fingerprint density at radius 1 is 1.08 bits per heavy atom. The first-order valence-corrected chi connectivity index (χ1v) is 7.95. The van der Waals surface area contributed by atoms with E-state index in [2.05, 4.69) is 10.1 Å². The number of carbonyl (C=O) groups excluding carboxylic acids is 1. The molecule has 0 atom stereocenters. The summed E-state index contributed by atoms with van der Waals surface area (Å²) >= 11 is 0. The highest BCUT2D eigenvalue weighted by molar-refractivity contribution is 5.94. The summed E-state index contributed by atoms with van der Waals surface area (Å²) in [7, 11) is 0. The van der Waals surface area contributed by atoms with E-state index in [1.807, 2.05) is 66.4 Å². The molecule has 0 unspecified atom stereocenters. The molecule has 1 aliphatic rings. The van der Waals surface area contributed by atoms with Crippen LogP contribution in [0.2, 0.25) is 0 Å². The van der Waals surface area contributed by atoms with Gasteiger partial charge in [0.25, 0.3) is 5.91 Å². The molecule has 1 aromatic heterocycles. The van der Waals surface area contributed by atoms with Crippen molar-refractivity contribution in [3.63, 3.8) is 0 Å². The molecule has 0 N–H and O–H groups in total. The van der Waals surface area contributed by atoms with Crippen molar-refractivity contribution in [2.45, 2.75) is 12.8 Å². The van der Waals surface area contributed by atoms with Gasteiger partial charge in [0.05, 0.1) is 5.92 Å². The minimum Gasteiger partial charge on any atom is -0.339 e. The molecule has 0 bridgehead atoms. The molecule has 3 aromatic rings. The number of nitrogens with zero attached hydrogens (tertiary/aromatic N) is 3. The molecule has 24 heavy (non-hydrogen) atoms.